The lowest BCUT2D eigenvalue weighted by Gasteiger charge is -2.13. The summed E-state index contributed by atoms with van der Waals surface area (Å²) < 4.78 is 7.06. The molecule has 28 heavy (non-hydrogen) atoms. The molecule has 8 heteroatoms. The molecule has 0 spiro atoms. The topological polar surface area (TPSA) is 86.1 Å². The number of benzene rings is 2. The van der Waals surface area contributed by atoms with Crippen LogP contribution in [0, 0.1) is 0 Å². The molecular weight excluding hydrogens is 376 g/mol. The van der Waals surface area contributed by atoms with Crippen LogP contribution in [-0.4, -0.2) is 38.8 Å². The van der Waals surface area contributed by atoms with Crippen molar-refractivity contribution in [3.05, 3.63) is 60.4 Å². The molecule has 0 saturated heterocycles. The van der Waals surface area contributed by atoms with Gasteiger partial charge in [-0.25, -0.2) is 0 Å². The fraction of sp³-hybridized carbons (Fsp3) is 0.200. The van der Waals surface area contributed by atoms with Crippen molar-refractivity contribution in [1.82, 2.24) is 14.8 Å². The standard InChI is InChI=1S/C20H20N4O3S/c1-13(25)15-7-9-16(10-8-15)22-19(26)14(2)28-20-23-21-12-24(20)17-5-4-6-18(11-17)27-3/h4-12,14H,1-3H3,(H,22,26)/t14-/m0/s1. The number of hydrogen-bond acceptors (Lipinski definition) is 6. The lowest BCUT2D eigenvalue weighted by atomic mass is 10.1. The van der Waals surface area contributed by atoms with E-state index in [1.807, 2.05) is 24.3 Å². The predicted octanol–water partition coefficient (Wildman–Crippen LogP) is 3.60. The van der Waals surface area contributed by atoms with Crippen molar-refractivity contribution >= 4 is 29.1 Å². The van der Waals surface area contributed by atoms with Gasteiger partial charge in [-0.1, -0.05) is 17.8 Å². The van der Waals surface area contributed by atoms with Gasteiger partial charge in [-0.3, -0.25) is 14.2 Å². The van der Waals surface area contributed by atoms with Crippen molar-refractivity contribution in [2.75, 3.05) is 12.4 Å². The molecule has 1 N–H and O–H groups in total. The third-order valence-electron chi connectivity index (χ3n) is 4.06. The van der Waals surface area contributed by atoms with E-state index in [4.69, 9.17) is 4.74 Å². The van der Waals surface area contributed by atoms with Gasteiger partial charge < -0.3 is 10.1 Å². The minimum absolute atomic E-state index is 0.0151. The number of rotatable bonds is 7. The van der Waals surface area contributed by atoms with Crippen LogP contribution in [0.3, 0.4) is 0 Å². The van der Waals surface area contributed by atoms with E-state index < -0.39 is 5.25 Å². The number of hydrogen-bond donors (Lipinski definition) is 1. The Morgan fingerprint density at radius 2 is 1.93 bits per heavy atom. The first-order valence-corrected chi connectivity index (χ1v) is 9.49. The highest BCUT2D eigenvalue weighted by Crippen LogP contribution is 2.26. The van der Waals surface area contributed by atoms with Crippen molar-refractivity contribution in [1.29, 1.82) is 0 Å². The molecule has 1 heterocycles. The lowest BCUT2D eigenvalue weighted by molar-refractivity contribution is -0.115. The van der Waals surface area contributed by atoms with Crippen molar-refractivity contribution in [2.24, 2.45) is 0 Å². The van der Waals surface area contributed by atoms with E-state index in [0.29, 0.717) is 16.4 Å². The molecule has 0 aliphatic carbocycles. The molecule has 3 aromatic rings. The van der Waals surface area contributed by atoms with E-state index in [2.05, 4.69) is 15.5 Å². The molecule has 0 bridgehead atoms. The zero-order valence-electron chi connectivity index (χ0n) is 15.7. The Balaban J connectivity index is 1.69. The van der Waals surface area contributed by atoms with Gasteiger partial charge in [-0.15, -0.1) is 10.2 Å². The highest BCUT2D eigenvalue weighted by molar-refractivity contribution is 8.00. The van der Waals surface area contributed by atoms with Gasteiger partial charge in [0.1, 0.15) is 12.1 Å². The number of carbonyl (C=O) groups excluding carboxylic acids is 2. The maximum Gasteiger partial charge on any atom is 0.237 e. The molecule has 1 amide bonds. The second-order valence-electron chi connectivity index (χ2n) is 6.07. The fourth-order valence-electron chi connectivity index (χ4n) is 2.49. The van der Waals surface area contributed by atoms with E-state index in [1.54, 1.807) is 49.2 Å². The van der Waals surface area contributed by atoms with Crippen molar-refractivity contribution in [3.8, 4) is 11.4 Å². The predicted molar refractivity (Wildman–Crippen MR) is 108 cm³/mol. The molecule has 0 fully saturated rings. The lowest BCUT2D eigenvalue weighted by Crippen LogP contribution is -2.22. The van der Waals surface area contributed by atoms with Crippen LogP contribution in [-0.2, 0) is 4.79 Å². The van der Waals surface area contributed by atoms with Gasteiger partial charge in [0.25, 0.3) is 0 Å². The van der Waals surface area contributed by atoms with Crippen LogP contribution in [0.5, 0.6) is 5.75 Å². The van der Waals surface area contributed by atoms with E-state index in [9.17, 15) is 9.59 Å². The van der Waals surface area contributed by atoms with Crippen LogP contribution in [0.25, 0.3) is 5.69 Å². The number of nitrogens with one attached hydrogen (secondary N) is 1. The summed E-state index contributed by atoms with van der Waals surface area (Å²) in [5, 5.41) is 11.1. The Morgan fingerprint density at radius 3 is 2.61 bits per heavy atom. The molecule has 0 unspecified atom stereocenters. The van der Waals surface area contributed by atoms with E-state index >= 15 is 0 Å². The number of nitrogens with zero attached hydrogens (tertiary/aromatic N) is 3. The molecule has 0 aliphatic heterocycles. The molecule has 7 nitrogen and oxygen atoms in total. The van der Waals surface area contributed by atoms with E-state index in [0.717, 1.165) is 11.4 Å². The second-order valence-corrected chi connectivity index (χ2v) is 7.38. The minimum atomic E-state index is -0.402. The van der Waals surface area contributed by atoms with Crippen molar-refractivity contribution < 1.29 is 14.3 Å². The zero-order valence-corrected chi connectivity index (χ0v) is 16.6. The molecule has 1 aromatic heterocycles. The maximum atomic E-state index is 12.5. The summed E-state index contributed by atoms with van der Waals surface area (Å²) in [6.07, 6.45) is 1.60. The molecular formula is C20H20N4O3S. The van der Waals surface area contributed by atoms with Crippen LogP contribution < -0.4 is 10.1 Å². The molecule has 3 rings (SSSR count). The van der Waals surface area contributed by atoms with Crippen LogP contribution >= 0.6 is 11.8 Å². The molecule has 2 aromatic carbocycles. The summed E-state index contributed by atoms with van der Waals surface area (Å²) in [6.45, 7) is 3.30. The van der Waals surface area contributed by atoms with Crippen LogP contribution in [0.2, 0.25) is 0 Å². The van der Waals surface area contributed by atoms with Gasteiger partial charge in [0.2, 0.25) is 5.91 Å². The molecule has 144 valence electrons. The van der Waals surface area contributed by atoms with Gasteiger partial charge in [0.05, 0.1) is 18.0 Å². The molecule has 1 atom stereocenters. The Bertz CT molecular complexity index is 985. The number of methoxy groups -OCH3 is 1. The third kappa shape index (κ3) is 4.58. The number of Topliss-reactive ketones (excluding diaryl/α,β-unsaturated/α-hetero) is 1. The average Bonchev–Trinajstić information content (AvgIpc) is 3.16. The SMILES string of the molecule is COc1cccc(-n2cnnc2S[C@@H](C)C(=O)Nc2ccc(C(C)=O)cc2)c1. The average molecular weight is 396 g/mol. The number of ketones is 1. The highest BCUT2D eigenvalue weighted by atomic mass is 32.2. The maximum absolute atomic E-state index is 12.5. The Morgan fingerprint density at radius 1 is 1.18 bits per heavy atom. The van der Waals surface area contributed by atoms with E-state index in [-0.39, 0.29) is 11.7 Å². The van der Waals surface area contributed by atoms with Gasteiger partial charge in [-0.05, 0) is 50.2 Å². The molecule has 0 radical (unpaired) electrons. The van der Waals surface area contributed by atoms with Gasteiger partial charge >= 0.3 is 0 Å². The second kappa shape index (κ2) is 8.71. The normalized spacial score (nSPS) is 11.7. The number of carbonyl (C=O) groups is 2. The summed E-state index contributed by atoms with van der Waals surface area (Å²) in [4.78, 5) is 23.9. The summed E-state index contributed by atoms with van der Waals surface area (Å²) in [6, 6.07) is 14.3. The number of aromatic nitrogens is 3. The first-order chi connectivity index (χ1) is 13.5. The Kier molecular flexibility index (Phi) is 6.10. The monoisotopic (exact) mass is 396 g/mol. The Labute approximate surface area is 167 Å². The summed E-state index contributed by atoms with van der Waals surface area (Å²) >= 11 is 1.30. The van der Waals surface area contributed by atoms with Crippen LogP contribution in [0.4, 0.5) is 5.69 Å². The van der Waals surface area contributed by atoms with E-state index in [1.165, 1.54) is 18.7 Å². The Hall–Kier alpha value is -3.13. The zero-order chi connectivity index (χ0) is 20.1. The van der Waals surface area contributed by atoms with Crippen LogP contribution in [0.1, 0.15) is 24.2 Å². The number of ether oxygens (including phenoxy) is 1. The molecule has 0 aliphatic rings. The van der Waals surface area contributed by atoms with Crippen molar-refractivity contribution in [3.63, 3.8) is 0 Å². The quantitative estimate of drug-likeness (QED) is 0.485. The summed E-state index contributed by atoms with van der Waals surface area (Å²) in [5.74, 6) is 0.543. The van der Waals surface area contributed by atoms with Gasteiger partial charge in [0.15, 0.2) is 10.9 Å². The first kappa shape index (κ1) is 19.6. The highest BCUT2D eigenvalue weighted by Gasteiger charge is 2.19. The fourth-order valence-corrected chi connectivity index (χ4v) is 3.33. The van der Waals surface area contributed by atoms with Gasteiger partial charge in [0, 0.05) is 17.3 Å². The largest absolute Gasteiger partial charge is 0.497 e. The minimum Gasteiger partial charge on any atom is -0.497 e. The number of anilines is 1. The third-order valence-corrected chi connectivity index (χ3v) is 5.12. The number of thioether (sulfide) groups is 1. The first-order valence-electron chi connectivity index (χ1n) is 8.61. The smallest absolute Gasteiger partial charge is 0.237 e. The van der Waals surface area contributed by atoms with Crippen molar-refractivity contribution in [2.45, 2.75) is 24.3 Å². The summed E-state index contributed by atoms with van der Waals surface area (Å²) in [7, 11) is 1.61. The summed E-state index contributed by atoms with van der Waals surface area (Å²) in [5.41, 5.74) is 2.09. The number of amides is 1. The molecule has 0 saturated carbocycles. The van der Waals surface area contributed by atoms with Crippen LogP contribution in [0.15, 0.2) is 60.0 Å². The van der Waals surface area contributed by atoms with Gasteiger partial charge in [-0.2, -0.15) is 0 Å².